The number of amides is 2. The van der Waals surface area contributed by atoms with Crippen molar-refractivity contribution < 1.29 is 53.8 Å². The van der Waals surface area contributed by atoms with Crippen molar-refractivity contribution in [3.63, 3.8) is 0 Å². The zero-order chi connectivity index (χ0) is 46.5. The van der Waals surface area contributed by atoms with Crippen LogP contribution in [-0.4, -0.2) is 87.4 Å². The molecule has 0 atom stereocenters. The third-order valence-electron chi connectivity index (χ3n) is 8.07. The van der Waals surface area contributed by atoms with Crippen molar-refractivity contribution in [2.45, 2.75) is 13.8 Å². The summed E-state index contributed by atoms with van der Waals surface area (Å²) in [4.78, 5) is 51.0. The summed E-state index contributed by atoms with van der Waals surface area (Å²) < 4.78 is 14.9. The molecule has 0 fully saturated rings. The van der Waals surface area contributed by atoms with Crippen LogP contribution in [0.2, 0.25) is 0 Å². The summed E-state index contributed by atoms with van der Waals surface area (Å²) in [7, 11) is 4.40. The summed E-state index contributed by atoms with van der Waals surface area (Å²) in [6.07, 6.45) is 2.68. The van der Waals surface area contributed by atoms with E-state index in [4.69, 9.17) is 29.7 Å². The Morgan fingerprint density at radius 3 is 1.62 bits per heavy atom. The summed E-state index contributed by atoms with van der Waals surface area (Å²) in [6.45, 7) is 4.01. The molecule has 14 nitrogen and oxygen atoms in total. The molecule has 0 saturated heterocycles. The van der Waals surface area contributed by atoms with E-state index in [1.165, 1.54) is 86.3 Å². The number of rotatable bonds is 8. The molecule has 2 heterocycles. The Kier molecular flexibility index (Phi) is 20.5. The van der Waals surface area contributed by atoms with Gasteiger partial charge in [-0.1, -0.05) is 83.2 Å². The number of nitriles is 1. The van der Waals surface area contributed by atoms with E-state index in [2.05, 4.69) is 22.6 Å². The molecule has 5 aromatic carbocycles. The van der Waals surface area contributed by atoms with E-state index in [-0.39, 0.29) is 34.8 Å². The molecule has 2 amide bonds. The van der Waals surface area contributed by atoms with E-state index >= 15 is 0 Å². The van der Waals surface area contributed by atoms with Crippen LogP contribution in [0.15, 0.2) is 118 Å². The van der Waals surface area contributed by atoms with Gasteiger partial charge in [-0.05, 0) is 74.0 Å². The number of phenols is 3. The summed E-state index contributed by atoms with van der Waals surface area (Å²) in [5.41, 5.74) is 6.06. The zero-order valence-corrected chi connectivity index (χ0v) is 37.2. The first kappa shape index (κ1) is 50.4. The van der Waals surface area contributed by atoms with Gasteiger partial charge in [-0.3, -0.25) is 19.2 Å². The van der Waals surface area contributed by atoms with Crippen molar-refractivity contribution >= 4 is 76.4 Å². The van der Waals surface area contributed by atoms with E-state index in [0.29, 0.717) is 43.6 Å². The predicted molar refractivity (Wildman–Crippen MR) is 249 cm³/mol. The molecule has 2 aliphatic rings. The number of aldehydes is 1. The molecule has 5 aromatic rings. The fourth-order valence-electron chi connectivity index (χ4n) is 4.82. The van der Waals surface area contributed by atoms with Gasteiger partial charge in [-0.2, -0.15) is 17.9 Å². The molecule has 63 heavy (non-hydrogen) atoms. The number of hydrogen-bond acceptors (Lipinski definition) is 14. The SMILES string of the molecule is COc1cc(C#N)ccc1O.COc1cc(C2=NC(=O)/C(=C/c3ccc(C)cc3)S2)ccc1O.COc1cc(C2=NC(=O)CS2)ccc1O.Cc1ccc(C=O)cc1.O=C(O)CS. The topological polar surface area (TPSA) is 225 Å². The van der Waals surface area contributed by atoms with Gasteiger partial charge in [-0.15, -0.1) is 0 Å². The second-order valence-corrected chi connectivity index (χ2v) is 15.0. The second kappa shape index (κ2) is 25.7. The lowest BCUT2D eigenvalue weighted by Crippen LogP contribution is -1.93. The lowest BCUT2D eigenvalue weighted by molar-refractivity contribution is -0.134. The molecule has 0 spiro atoms. The van der Waals surface area contributed by atoms with Gasteiger partial charge in [-0.25, -0.2) is 9.98 Å². The predicted octanol–water partition coefficient (Wildman–Crippen LogP) is 8.27. The van der Waals surface area contributed by atoms with Crippen LogP contribution in [0.3, 0.4) is 0 Å². The summed E-state index contributed by atoms with van der Waals surface area (Å²) >= 11 is 6.13. The maximum Gasteiger partial charge on any atom is 0.313 e. The monoisotopic (exact) mass is 909 g/mol. The van der Waals surface area contributed by atoms with Gasteiger partial charge in [0.05, 0.1) is 49.4 Å². The minimum Gasteiger partial charge on any atom is -0.504 e. The molecule has 326 valence electrons. The number of benzene rings is 5. The number of carbonyl (C=O) groups excluding carboxylic acids is 3. The number of thiol groups is 1. The van der Waals surface area contributed by atoms with Gasteiger partial charge in [0.2, 0.25) is 0 Å². The number of phenolic OH excluding ortho intramolecular Hbond substituents is 3. The Morgan fingerprint density at radius 1 is 0.730 bits per heavy atom. The number of carboxylic acids is 1. The highest BCUT2D eigenvalue weighted by Crippen LogP contribution is 2.35. The number of thioether (sulfide) groups is 2. The normalized spacial score (nSPS) is 12.8. The summed E-state index contributed by atoms with van der Waals surface area (Å²) in [6, 6.07) is 31.6. The molecular weight excluding hydrogens is 867 g/mol. The molecule has 0 aromatic heterocycles. The molecule has 0 unspecified atom stereocenters. The highest BCUT2D eigenvalue weighted by Gasteiger charge is 2.24. The van der Waals surface area contributed by atoms with Crippen LogP contribution in [0.1, 0.15) is 43.7 Å². The van der Waals surface area contributed by atoms with Gasteiger partial charge < -0.3 is 34.6 Å². The number of aryl methyl sites for hydroxylation is 2. The van der Waals surface area contributed by atoms with Crippen LogP contribution in [0.25, 0.3) is 6.08 Å². The first-order valence-electron chi connectivity index (χ1n) is 18.3. The third-order valence-corrected chi connectivity index (χ3v) is 10.4. The molecule has 17 heteroatoms. The molecule has 0 radical (unpaired) electrons. The van der Waals surface area contributed by atoms with Gasteiger partial charge in [0.1, 0.15) is 16.4 Å². The number of nitrogens with zero attached hydrogens (tertiary/aromatic N) is 3. The number of methoxy groups -OCH3 is 3. The average Bonchev–Trinajstić information content (AvgIpc) is 3.90. The maximum atomic E-state index is 12.1. The van der Waals surface area contributed by atoms with Gasteiger partial charge in [0, 0.05) is 22.8 Å². The number of ether oxygens (including phenoxy) is 3. The lowest BCUT2D eigenvalue weighted by Gasteiger charge is -2.05. The standard InChI is InChI=1S/C18H15NO3S.C10H9NO3S.C8H7NO2.C8H8O.C2H4O2S/c1-11-3-5-12(6-4-11)9-16-17(21)19-18(23-16)13-7-8-14(20)15(10-13)22-2;1-14-8-4-6(2-3-7(8)12)10-11-9(13)5-15-10;1-11-8-4-6(5-9)2-3-7(8)10;1-7-2-4-8(6-9)5-3-7;3-2(4)1-5/h3-10,20H,1-2H3;2-4,12H,5H2,1H3;2-4,10H,1H3;2-6H,1H3;5H,1H2,(H,3,4)/b16-9-;;;;. The minimum atomic E-state index is -0.881. The number of aliphatic carboxylic acids is 1. The Morgan fingerprint density at radius 2 is 1.19 bits per heavy atom. The van der Waals surface area contributed by atoms with Crippen LogP contribution >= 0.6 is 36.2 Å². The molecule has 0 saturated carbocycles. The molecular formula is C46H43N3O11S3. The largest absolute Gasteiger partial charge is 0.504 e. The summed E-state index contributed by atoms with van der Waals surface area (Å²) in [5, 5.41) is 45.5. The van der Waals surface area contributed by atoms with Crippen molar-refractivity contribution in [1.82, 2.24) is 0 Å². The van der Waals surface area contributed by atoms with E-state index in [1.54, 1.807) is 24.3 Å². The van der Waals surface area contributed by atoms with Crippen LogP contribution in [0.5, 0.6) is 34.5 Å². The van der Waals surface area contributed by atoms with Crippen LogP contribution in [-0.2, 0) is 14.4 Å². The fourth-order valence-corrected chi connectivity index (χ4v) is 6.51. The molecule has 2 aliphatic heterocycles. The van der Waals surface area contributed by atoms with Gasteiger partial charge in [0.15, 0.2) is 34.5 Å². The van der Waals surface area contributed by atoms with E-state index < -0.39 is 5.97 Å². The fraction of sp³-hybridized carbons (Fsp3) is 0.152. The third kappa shape index (κ3) is 16.4. The van der Waals surface area contributed by atoms with Crippen molar-refractivity contribution in [2.24, 2.45) is 9.98 Å². The Hall–Kier alpha value is -7.00. The van der Waals surface area contributed by atoms with Gasteiger partial charge in [0.25, 0.3) is 11.8 Å². The van der Waals surface area contributed by atoms with Gasteiger partial charge >= 0.3 is 5.97 Å². The van der Waals surface area contributed by atoms with Crippen LogP contribution < -0.4 is 14.2 Å². The van der Waals surface area contributed by atoms with Crippen molar-refractivity contribution in [1.29, 1.82) is 5.26 Å². The lowest BCUT2D eigenvalue weighted by atomic mass is 10.1. The van der Waals surface area contributed by atoms with Crippen LogP contribution in [0.4, 0.5) is 0 Å². The first-order valence-corrected chi connectivity index (χ1v) is 20.8. The van der Waals surface area contributed by atoms with Crippen molar-refractivity contribution in [3.05, 3.63) is 147 Å². The number of hydrogen-bond donors (Lipinski definition) is 5. The van der Waals surface area contributed by atoms with E-state index in [0.717, 1.165) is 28.5 Å². The highest BCUT2D eigenvalue weighted by atomic mass is 32.2. The van der Waals surface area contributed by atoms with Crippen LogP contribution in [0, 0.1) is 25.2 Å². The smallest absolute Gasteiger partial charge is 0.313 e. The molecule has 0 bridgehead atoms. The van der Waals surface area contributed by atoms with Crippen molar-refractivity contribution in [3.8, 4) is 40.6 Å². The Labute approximate surface area is 378 Å². The number of carboxylic acid groups (broad SMARTS) is 1. The van der Waals surface area contributed by atoms with Crippen molar-refractivity contribution in [2.75, 3.05) is 32.8 Å². The quantitative estimate of drug-likeness (QED) is 0.0561. The molecule has 4 N–H and O–H groups in total. The van der Waals surface area contributed by atoms with E-state index in [1.807, 2.05) is 74.5 Å². The summed E-state index contributed by atoms with van der Waals surface area (Å²) in [5.74, 6) is 0.295. The maximum absolute atomic E-state index is 12.1. The van der Waals surface area contributed by atoms with E-state index in [9.17, 15) is 29.4 Å². The molecule has 7 rings (SSSR count). The number of carbonyl (C=O) groups is 4. The number of aromatic hydroxyl groups is 3. The highest BCUT2D eigenvalue weighted by molar-refractivity contribution is 8.19. The Bertz CT molecular complexity index is 2530. The zero-order valence-electron chi connectivity index (χ0n) is 34.6. The molecule has 0 aliphatic carbocycles. The number of aliphatic imine (C=N–C) groups is 2. The minimum absolute atomic E-state index is 0.0477. The second-order valence-electron chi connectivity index (χ2n) is 12.7. The first-order chi connectivity index (χ1) is 30.1. The average molecular weight is 910 g/mol. The Balaban J connectivity index is 0.000000228.